The number of carbonyl (C=O) groups excluding carboxylic acids is 1. The maximum atomic E-state index is 12.2. The number of halogens is 1. The van der Waals surface area contributed by atoms with Crippen LogP contribution in [0.4, 0.5) is 0 Å². The van der Waals surface area contributed by atoms with E-state index in [2.05, 4.69) is 38.3 Å². The molecule has 2 aromatic rings. The Morgan fingerprint density at radius 1 is 1.21 bits per heavy atom. The lowest BCUT2D eigenvalue weighted by atomic mass is 10.2. The number of aromatic nitrogens is 1. The fourth-order valence-corrected chi connectivity index (χ4v) is 3.37. The number of amides is 1. The fraction of sp³-hybridized carbons (Fsp3) is 0.333. The number of pyridine rings is 1. The molecule has 1 aliphatic heterocycles. The van der Waals surface area contributed by atoms with Crippen LogP contribution < -0.4 is 10.9 Å². The van der Waals surface area contributed by atoms with Crippen molar-refractivity contribution in [3.63, 3.8) is 0 Å². The number of carbonyl (C=O) groups is 1. The first kappa shape index (κ1) is 16.9. The van der Waals surface area contributed by atoms with Crippen molar-refractivity contribution >= 4 is 21.8 Å². The Morgan fingerprint density at radius 3 is 2.79 bits per heavy atom. The van der Waals surface area contributed by atoms with Gasteiger partial charge in [-0.3, -0.25) is 14.5 Å². The first-order chi connectivity index (χ1) is 11.6. The average Bonchev–Trinajstić information content (AvgIpc) is 2.98. The summed E-state index contributed by atoms with van der Waals surface area (Å²) in [6.45, 7) is 2.76. The molecule has 0 bridgehead atoms. The third-order valence-corrected chi connectivity index (χ3v) is 4.62. The maximum Gasteiger partial charge on any atom is 0.251 e. The van der Waals surface area contributed by atoms with Crippen molar-refractivity contribution in [1.29, 1.82) is 0 Å². The first-order valence-electron chi connectivity index (χ1n) is 8.02. The summed E-state index contributed by atoms with van der Waals surface area (Å²) in [5.41, 5.74) is 1.11. The largest absolute Gasteiger partial charge is 0.350 e. The highest BCUT2D eigenvalue weighted by Crippen LogP contribution is 2.13. The van der Waals surface area contributed by atoms with Crippen LogP contribution in [0.1, 0.15) is 12.0 Å². The van der Waals surface area contributed by atoms with Gasteiger partial charge in [0.15, 0.2) is 0 Å². The minimum absolute atomic E-state index is 0.0491. The van der Waals surface area contributed by atoms with E-state index in [1.807, 2.05) is 18.2 Å². The van der Waals surface area contributed by atoms with Crippen LogP contribution in [0, 0.1) is 0 Å². The second-order valence-corrected chi connectivity index (χ2v) is 7.00. The maximum absolute atomic E-state index is 12.2. The van der Waals surface area contributed by atoms with Crippen LogP contribution in [0.2, 0.25) is 0 Å². The van der Waals surface area contributed by atoms with Crippen LogP contribution in [0.15, 0.2) is 57.9 Å². The number of nitrogens with one attached hydrogen (secondary N) is 1. The van der Waals surface area contributed by atoms with Crippen LogP contribution in [-0.4, -0.2) is 34.5 Å². The summed E-state index contributed by atoms with van der Waals surface area (Å²) in [6.07, 6.45) is 2.57. The summed E-state index contributed by atoms with van der Waals surface area (Å²) in [5, 5.41) is 3.03. The van der Waals surface area contributed by atoms with Gasteiger partial charge in [-0.05, 0) is 34.0 Å². The molecule has 1 fully saturated rings. The standard InChI is InChI=1S/C18H20BrN3O2/c19-15-6-7-18(24)22(11-15)13-17(23)20-16-8-9-21(12-16)10-14-4-2-1-3-5-14/h1-7,11,16H,8-10,12-13H2,(H,20,23). The van der Waals surface area contributed by atoms with Crippen molar-refractivity contribution in [1.82, 2.24) is 14.8 Å². The smallest absolute Gasteiger partial charge is 0.251 e. The molecule has 1 aliphatic rings. The van der Waals surface area contributed by atoms with Gasteiger partial charge in [0, 0.05) is 42.4 Å². The molecule has 1 atom stereocenters. The molecule has 1 amide bonds. The molecule has 1 aromatic carbocycles. The van der Waals surface area contributed by atoms with E-state index < -0.39 is 0 Å². The molecule has 1 unspecified atom stereocenters. The number of likely N-dealkylation sites (tertiary alicyclic amines) is 1. The average molecular weight is 390 g/mol. The molecular formula is C18H20BrN3O2. The number of hydrogen-bond acceptors (Lipinski definition) is 3. The van der Waals surface area contributed by atoms with Gasteiger partial charge in [0.1, 0.15) is 6.54 Å². The summed E-state index contributed by atoms with van der Waals surface area (Å²) in [6, 6.07) is 13.6. The molecule has 2 heterocycles. The molecule has 0 radical (unpaired) electrons. The van der Waals surface area contributed by atoms with Crippen molar-refractivity contribution in [2.45, 2.75) is 25.6 Å². The molecule has 3 rings (SSSR count). The highest BCUT2D eigenvalue weighted by Gasteiger charge is 2.23. The van der Waals surface area contributed by atoms with Crippen molar-refractivity contribution in [3.05, 3.63) is 69.1 Å². The lowest BCUT2D eigenvalue weighted by Crippen LogP contribution is -2.40. The number of hydrogen-bond donors (Lipinski definition) is 1. The zero-order chi connectivity index (χ0) is 16.9. The highest BCUT2D eigenvalue weighted by atomic mass is 79.9. The van der Waals surface area contributed by atoms with E-state index >= 15 is 0 Å². The summed E-state index contributed by atoms with van der Waals surface area (Å²) in [5.74, 6) is -0.123. The molecule has 126 valence electrons. The Morgan fingerprint density at radius 2 is 2.00 bits per heavy atom. The Bertz CT molecular complexity index is 760. The molecule has 24 heavy (non-hydrogen) atoms. The SMILES string of the molecule is O=C(Cn1cc(Br)ccc1=O)NC1CCN(Cc2ccccc2)C1. The van der Waals surface area contributed by atoms with E-state index in [1.165, 1.54) is 16.2 Å². The molecule has 0 spiro atoms. The summed E-state index contributed by atoms with van der Waals surface area (Å²) in [4.78, 5) is 26.3. The molecule has 6 heteroatoms. The summed E-state index contributed by atoms with van der Waals surface area (Å²) >= 11 is 3.32. The van der Waals surface area contributed by atoms with Gasteiger partial charge >= 0.3 is 0 Å². The van der Waals surface area contributed by atoms with Gasteiger partial charge in [-0.15, -0.1) is 0 Å². The molecule has 5 nitrogen and oxygen atoms in total. The number of nitrogens with zero attached hydrogens (tertiary/aromatic N) is 2. The van der Waals surface area contributed by atoms with Crippen LogP contribution in [-0.2, 0) is 17.9 Å². The van der Waals surface area contributed by atoms with Crippen LogP contribution >= 0.6 is 15.9 Å². The predicted octanol–water partition coefficient (Wildman–Crippen LogP) is 2.00. The Kier molecular flexibility index (Phi) is 5.48. The Hall–Kier alpha value is -1.92. The topological polar surface area (TPSA) is 54.3 Å². The van der Waals surface area contributed by atoms with Crippen molar-refractivity contribution in [3.8, 4) is 0 Å². The molecule has 1 saturated heterocycles. The first-order valence-corrected chi connectivity index (χ1v) is 8.81. The van der Waals surface area contributed by atoms with E-state index in [4.69, 9.17) is 0 Å². The van der Waals surface area contributed by atoms with Gasteiger partial charge < -0.3 is 9.88 Å². The van der Waals surface area contributed by atoms with Gasteiger partial charge in [-0.1, -0.05) is 30.3 Å². The van der Waals surface area contributed by atoms with Gasteiger partial charge in [-0.2, -0.15) is 0 Å². The van der Waals surface area contributed by atoms with Crippen molar-refractivity contribution < 1.29 is 4.79 Å². The fourth-order valence-electron chi connectivity index (χ4n) is 2.99. The van der Waals surface area contributed by atoms with Gasteiger partial charge in [0.05, 0.1) is 0 Å². The normalized spacial score (nSPS) is 17.8. The zero-order valence-corrected chi connectivity index (χ0v) is 14.9. The molecule has 0 saturated carbocycles. The van der Waals surface area contributed by atoms with Crippen molar-refractivity contribution in [2.75, 3.05) is 13.1 Å². The van der Waals surface area contributed by atoms with Gasteiger partial charge in [0.25, 0.3) is 5.56 Å². The number of rotatable bonds is 5. The second kappa shape index (κ2) is 7.77. The molecule has 1 aromatic heterocycles. The zero-order valence-electron chi connectivity index (χ0n) is 13.3. The quantitative estimate of drug-likeness (QED) is 0.850. The third-order valence-electron chi connectivity index (χ3n) is 4.15. The lowest BCUT2D eigenvalue weighted by Gasteiger charge is -2.17. The van der Waals surface area contributed by atoms with E-state index in [9.17, 15) is 9.59 Å². The monoisotopic (exact) mass is 389 g/mol. The number of benzene rings is 1. The van der Waals surface area contributed by atoms with Crippen LogP contribution in [0.5, 0.6) is 0 Å². The molecule has 1 N–H and O–H groups in total. The predicted molar refractivity (Wildman–Crippen MR) is 96.7 cm³/mol. The Labute approximate surface area is 149 Å². The summed E-state index contributed by atoms with van der Waals surface area (Å²) < 4.78 is 2.20. The van der Waals surface area contributed by atoms with Gasteiger partial charge in [0.2, 0.25) is 5.91 Å². The summed E-state index contributed by atoms with van der Waals surface area (Å²) in [7, 11) is 0. The lowest BCUT2D eigenvalue weighted by molar-refractivity contribution is -0.122. The van der Waals surface area contributed by atoms with E-state index in [0.717, 1.165) is 30.5 Å². The van der Waals surface area contributed by atoms with Gasteiger partial charge in [-0.25, -0.2) is 0 Å². The van der Waals surface area contributed by atoms with Crippen molar-refractivity contribution in [2.24, 2.45) is 0 Å². The van der Waals surface area contributed by atoms with Crippen LogP contribution in [0.25, 0.3) is 0 Å². The molecule has 0 aliphatic carbocycles. The van der Waals surface area contributed by atoms with E-state index in [1.54, 1.807) is 12.3 Å². The molecular weight excluding hydrogens is 370 g/mol. The van der Waals surface area contributed by atoms with Crippen LogP contribution in [0.3, 0.4) is 0 Å². The highest BCUT2D eigenvalue weighted by molar-refractivity contribution is 9.10. The van der Waals surface area contributed by atoms with E-state index in [-0.39, 0.29) is 24.1 Å². The van der Waals surface area contributed by atoms with E-state index in [0.29, 0.717) is 0 Å². The Balaban J connectivity index is 1.51. The minimum atomic E-state index is -0.175. The third kappa shape index (κ3) is 4.55. The second-order valence-electron chi connectivity index (χ2n) is 6.09. The minimum Gasteiger partial charge on any atom is -0.350 e.